The molecule has 0 aromatic heterocycles. The zero-order valence-corrected chi connectivity index (χ0v) is 18.3. The van der Waals surface area contributed by atoms with Gasteiger partial charge in [-0.15, -0.1) is 0 Å². The Hall–Kier alpha value is -2.50. The molecule has 0 bridgehead atoms. The van der Waals surface area contributed by atoms with Gasteiger partial charge in [0.05, 0.1) is 17.9 Å². The molecule has 1 saturated heterocycles. The van der Waals surface area contributed by atoms with Crippen LogP contribution < -0.4 is 10.1 Å². The molecule has 6 heteroatoms. The van der Waals surface area contributed by atoms with Crippen LogP contribution in [0, 0.1) is 5.92 Å². The highest BCUT2D eigenvalue weighted by molar-refractivity contribution is 6.31. The third-order valence-corrected chi connectivity index (χ3v) is 5.90. The fraction of sp³-hybridized carbons (Fsp3) is 0.375. The monoisotopic (exact) mass is 425 g/mol. The lowest BCUT2D eigenvalue weighted by molar-refractivity contribution is 0.151. The number of nitrogens with one attached hydrogen (secondary N) is 1. The number of hydrogen-bond acceptors (Lipinski definition) is 5. The summed E-state index contributed by atoms with van der Waals surface area (Å²) in [6, 6.07) is 13.9. The number of aliphatic imine (C=N–C) groups is 1. The molecule has 2 unspecified atom stereocenters. The summed E-state index contributed by atoms with van der Waals surface area (Å²) in [7, 11) is 0. The van der Waals surface area contributed by atoms with E-state index in [1.165, 1.54) is 0 Å². The Kier molecular flexibility index (Phi) is 6.30. The first-order chi connectivity index (χ1) is 14.6. The largest absolute Gasteiger partial charge is 0.498 e. The number of amidine groups is 1. The standard InChI is InChI=1S/C24H28ClN3O2/c1-4-18(16(3)29-5-2)21-15-28(13-12-26-21)24-19-8-6-7-9-22(19)30-23-11-10-17(25)14-20(23)27-24/h6-11,14,18,21,26H,3-5,12-13,15H2,1-2H3. The normalized spacial score (nSPS) is 19.0. The van der Waals surface area contributed by atoms with Crippen molar-refractivity contribution < 1.29 is 9.47 Å². The molecule has 2 atom stereocenters. The Morgan fingerprint density at radius 3 is 2.93 bits per heavy atom. The summed E-state index contributed by atoms with van der Waals surface area (Å²) in [5.41, 5.74) is 1.73. The maximum absolute atomic E-state index is 6.25. The van der Waals surface area contributed by atoms with Crippen molar-refractivity contribution in [2.45, 2.75) is 26.3 Å². The SMILES string of the molecule is C=C(OCC)C(CC)C1CN(C2=Nc3cc(Cl)ccc3Oc3ccccc32)CCN1. The molecule has 158 valence electrons. The maximum atomic E-state index is 6.25. The van der Waals surface area contributed by atoms with Crippen LogP contribution in [0.15, 0.2) is 59.8 Å². The summed E-state index contributed by atoms with van der Waals surface area (Å²) in [4.78, 5) is 7.35. The zero-order valence-electron chi connectivity index (χ0n) is 17.5. The molecule has 1 N–H and O–H groups in total. The van der Waals surface area contributed by atoms with Gasteiger partial charge in [0.15, 0.2) is 5.75 Å². The molecule has 2 heterocycles. The number of halogens is 1. The molecule has 4 rings (SSSR count). The van der Waals surface area contributed by atoms with Gasteiger partial charge in [-0.2, -0.15) is 0 Å². The molecule has 0 spiro atoms. The van der Waals surface area contributed by atoms with Crippen molar-refractivity contribution in [1.29, 1.82) is 0 Å². The molecule has 0 aliphatic carbocycles. The van der Waals surface area contributed by atoms with E-state index in [4.69, 9.17) is 26.1 Å². The number of hydrogen-bond donors (Lipinski definition) is 1. The van der Waals surface area contributed by atoms with Gasteiger partial charge in [-0.25, -0.2) is 4.99 Å². The van der Waals surface area contributed by atoms with Crippen molar-refractivity contribution >= 4 is 23.1 Å². The van der Waals surface area contributed by atoms with Gasteiger partial charge in [0.25, 0.3) is 0 Å². The summed E-state index contributed by atoms with van der Waals surface area (Å²) in [6.45, 7) is 11.5. The number of fused-ring (bicyclic) bond motifs is 2. The van der Waals surface area contributed by atoms with Crippen LogP contribution in [0.25, 0.3) is 0 Å². The second-order valence-corrected chi connectivity index (χ2v) is 8.00. The van der Waals surface area contributed by atoms with Crippen molar-refractivity contribution in [2.75, 3.05) is 26.2 Å². The fourth-order valence-electron chi connectivity index (χ4n) is 4.21. The first-order valence-electron chi connectivity index (χ1n) is 10.6. The Morgan fingerprint density at radius 2 is 2.13 bits per heavy atom. The quantitative estimate of drug-likeness (QED) is 0.654. The molecule has 0 saturated carbocycles. The molecule has 30 heavy (non-hydrogen) atoms. The highest BCUT2D eigenvalue weighted by Crippen LogP contribution is 2.39. The van der Waals surface area contributed by atoms with Crippen LogP contribution >= 0.6 is 11.6 Å². The minimum absolute atomic E-state index is 0.237. The number of nitrogens with zero attached hydrogens (tertiary/aromatic N) is 2. The van der Waals surface area contributed by atoms with Gasteiger partial charge in [0, 0.05) is 36.6 Å². The number of piperazine rings is 1. The first-order valence-corrected chi connectivity index (χ1v) is 10.9. The Balaban J connectivity index is 1.69. The average Bonchev–Trinajstić information content (AvgIpc) is 2.91. The van der Waals surface area contributed by atoms with Gasteiger partial charge in [-0.1, -0.05) is 37.2 Å². The van der Waals surface area contributed by atoms with Crippen molar-refractivity contribution in [3.63, 3.8) is 0 Å². The molecule has 2 aliphatic rings. The molecule has 2 aliphatic heterocycles. The second-order valence-electron chi connectivity index (χ2n) is 7.57. The van der Waals surface area contributed by atoms with E-state index in [1.54, 1.807) is 0 Å². The van der Waals surface area contributed by atoms with E-state index in [1.807, 2.05) is 43.3 Å². The number of rotatable bonds is 5. The van der Waals surface area contributed by atoms with Crippen LogP contribution in [0.2, 0.25) is 5.02 Å². The van der Waals surface area contributed by atoms with E-state index >= 15 is 0 Å². The smallest absolute Gasteiger partial charge is 0.153 e. The topological polar surface area (TPSA) is 46.1 Å². The van der Waals surface area contributed by atoms with Gasteiger partial charge in [-0.3, -0.25) is 0 Å². The van der Waals surface area contributed by atoms with Crippen LogP contribution in [-0.2, 0) is 4.74 Å². The van der Waals surface area contributed by atoms with Crippen molar-refractivity contribution in [3.05, 3.63) is 65.4 Å². The van der Waals surface area contributed by atoms with Gasteiger partial charge in [0.1, 0.15) is 17.3 Å². The molecule has 2 aromatic carbocycles. The zero-order chi connectivity index (χ0) is 21.1. The van der Waals surface area contributed by atoms with Crippen molar-refractivity contribution in [1.82, 2.24) is 10.2 Å². The van der Waals surface area contributed by atoms with E-state index in [2.05, 4.69) is 29.8 Å². The second kappa shape index (κ2) is 9.11. The van der Waals surface area contributed by atoms with E-state index in [0.29, 0.717) is 17.4 Å². The average molecular weight is 426 g/mol. The Morgan fingerprint density at radius 1 is 1.30 bits per heavy atom. The first kappa shape index (κ1) is 20.8. The maximum Gasteiger partial charge on any atom is 0.153 e. The molecule has 0 radical (unpaired) electrons. The van der Waals surface area contributed by atoms with Crippen LogP contribution in [0.5, 0.6) is 11.5 Å². The minimum Gasteiger partial charge on any atom is -0.498 e. The third kappa shape index (κ3) is 4.18. The highest BCUT2D eigenvalue weighted by atomic mass is 35.5. The number of benzene rings is 2. The van der Waals surface area contributed by atoms with Crippen molar-refractivity contribution in [2.24, 2.45) is 10.9 Å². The lowest BCUT2D eigenvalue weighted by Gasteiger charge is -2.39. The van der Waals surface area contributed by atoms with Crippen LogP contribution in [0.4, 0.5) is 5.69 Å². The lowest BCUT2D eigenvalue weighted by atomic mass is 9.93. The minimum atomic E-state index is 0.237. The molecule has 1 fully saturated rings. The molecular weight excluding hydrogens is 398 g/mol. The molecular formula is C24H28ClN3O2. The summed E-state index contributed by atoms with van der Waals surface area (Å²) >= 11 is 6.25. The van der Waals surface area contributed by atoms with Gasteiger partial charge in [-0.05, 0) is 43.7 Å². The molecule has 5 nitrogen and oxygen atoms in total. The van der Waals surface area contributed by atoms with Gasteiger partial charge < -0.3 is 19.7 Å². The summed E-state index contributed by atoms with van der Waals surface area (Å²) in [6.07, 6.45) is 0.967. The number of ether oxygens (including phenoxy) is 2. The third-order valence-electron chi connectivity index (χ3n) is 5.67. The van der Waals surface area contributed by atoms with Crippen LogP contribution in [0.1, 0.15) is 25.8 Å². The molecule has 2 aromatic rings. The van der Waals surface area contributed by atoms with Crippen LogP contribution in [0.3, 0.4) is 0 Å². The number of para-hydroxylation sites is 1. The Labute approximate surface area is 183 Å². The van der Waals surface area contributed by atoms with Crippen LogP contribution in [-0.4, -0.2) is 43.0 Å². The highest BCUT2D eigenvalue weighted by Gasteiger charge is 2.32. The molecule has 0 amide bonds. The lowest BCUT2D eigenvalue weighted by Crippen LogP contribution is -2.55. The Bertz CT molecular complexity index is 959. The van der Waals surface area contributed by atoms with E-state index in [9.17, 15) is 0 Å². The van der Waals surface area contributed by atoms with E-state index < -0.39 is 0 Å². The van der Waals surface area contributed by atoms with Gasteiger partial charge in [0.2, 0.25) is 0 Å². The summed E-state index contributed by atoms with van der Waals surface area (Å²) < 4.78 is 11.9. The fourth-order valence-corrected chi connectivity index (χ4v) is 4.37. The van der Waals surface area contributed by atoms with E-state index in [0.717, 1.165) is 54.7 Å². The predicted molar refractivity (Wildman–Crippen MR) is 122 cm³/mol. The summed E-state index contributed by atoms with van der Waals surface area (Å²) in [5, 5.41) is 4.30. The van der Waals surface area contributed by atoms with Gasteiger partial charge >= 0.3 is 0 Å². The summed E-state index contributed by atoms with van der Waals surface area (Å²) in [5.74, 6) is 3.52. The predicted octanol–water partition coefficient (Wildman–Crippen LogP) is 5.37. The van der Waals surface area contributed by atoms with Crippen molar-refractivity contribution in [3.8, 4) is 11.5 Å². The van der Waals surface area contributed by atoms with E-state index in [-0.39, 0.29) is 12.0 Å².